The molecule has 1 aromatic heterocycles. The van der Waals surface area contributed by atoms with E-state index in [0.717, 1.165) is 36.7 Å². The predicted octanol–water partition coefficient (Wildman–Crippen LogP) is 3.50. The molecule has 4 rings (SSSR count). The largest absolute Gasteiger partial charge is 0.416 e. The van der Waals surface area contributed by atoms with Crippen molar-refractivity contribution in [1.82, 2.24) is 14.7 Å². The molecule has 0 radical (unpaired) electrons. The van der Waals surface area contributed by atoms with Gasteiger partial charge in [0.1, 0.15) is 11.9 Å². The number of halogens is 4. The van der Waals surface area contributed by atoms with Crippen molar-refractivity contribution in [3.8, 4) is 0 Å². The quantitative estimate of drug-likeness (QED) is 0.839. The molecule has 0 spiro atoms. The minimum absolute atomic E-state index is 0.0122. The average molecular weight is 369 g/mol. The molecule has 2 aliphatic rings. The molecule has 1 aromatic carbocycles. The zero-order chi connectivity index (χ0) is 18.5. The van der Waals surface area contributed by atoms with Crippen LogP contribution in [0.1, 0.15) is 41.5 Å². The highest BCUT2D eigenvalue weighted by molar-refractivity contribution is 5.30. The summed E-state index contributed by atoms with van der Waals surface area (Å²) in [4.78, 5) is 1.84. The van der Waals surface area contributed by atoms with Crippen LogP contribution in [0.3, 0.4) is 0 Å². The lowest BCUT2D eigenvalue weighted by atomic mass is 10.1. The Kier molecular flexibility index (Phi) is 4.27. The first-order valence-corrected chi connectivity index (χ1v) is 8.64. The lowest BCUT2D eigenvalue weighted by molar-refractivity contribution is -0.138. The van der Waals surface area contributed by atoms with Crippen molar-refractivity contribution in [2.24, 2.45) is 5.92 Å². The summed E-state index contributed by atoms with van der Waals surface area (Å²) < 4.78 is 54.8. The molecule has 0 amide bonds. The summed E-state index contributed by atoms with van der Waals surface area (Å²) in [5.41, 5.74) is 0.619. The molecule has 1 saturated carbocycles. The van der Waals surface area contributed by atoms with Crippen molar-refractivity contribution in [2.45, 2.75) is 44.8 Å². The van der Waals surface area contributed by atoms with Crippen LogP contribution in [-0.4, -0.2) is 26.3 Å². The van der Waals surface area contributed by atoms with Gasteiger partial charge >= 0.3 is 6.18 Å². The molecule has 1 aliphatic heterocycles. The fraction of sp³-hybridized carbons (Fsp3) is 0.500. The Balaban J connectivity index is 1.52. The highest BCUT2D eigenvalue weighted by Crippen LogP contribution is 2.40. The van der Waals surface area contributed by atoms with E-state index in [1.54, 1.807) is 4.68 Å². The maximum atomic E-state index is 13.5. The summed E-state index contributed by atoms with van der Waals surface area (Å²) in [6.45, 7) is 1.47. The van der Waals surface area contributed by atoms with Gasteiger partial charge in [0.2, 0.25) is 0 Å². The lowest BCUT2D eigenvalue weighted by Gasteiger charge is -2.28. The number of aromatic nitrogens is 2. The first-order chi connectivity index (χ1) is 12.3. The number of rotatable bonds is 4. The van der Waals surface area contributed by atoms with E-state index >= 15 is 0 Å². The van der Waals surface area contributed by atoms with E-state index in [4.69, 9.17) is 0 Å². The fourth-order valence-corrected chi connectivity index (χ4v) is 3.49. The van der Waals surface area contributed by atoms with Gasteiger partial charge in [0.15, 0.2) is 0 Å². The zero-order valence-corrected chi connectivity index (χ0v) is 14.0. The number of hydrogen-bond acceptors (Lipinski definition) is 3. The van der Waals surface area contributed by atoms with Crippen molar-refractivity contribution < 1.29 is 22.7 Å². The molecule has 0 bridgehead atoms. The van der Waals surface area contributed by atoms with E-state index in [-0.39, 0.29) is 18.0 Å². The Labute approximate surface area is 148 Å². The number of benzene rings is 1. The Bertz CT molecular complexity index is 813. The molecule has 26 heavy (non-hydrogen) atoms. The van der Waals surface area contributed by atoms with Crippen LogP contribution < -0.4 is 0 Å². The third-order valence-corrected chi connectivity index (χ3v) is 5.03. The highest BCUT2D eigenvalue weighted by Gasteiger charge is 2.35. The van der Waals surface area contributed by atoms with Crippen LogP contribution in [0.15, 0.2) is 24.3 Å². The van der Waals surface area contributed by atoms with Gasteiger partial charge in [-0.25, -0.2) is 4.39 Å². The molecule has 2 heterocycles. The number of alkyl halides is 3. The number of nitrogens with zero attached hydrogens (tertiary/aromatic N) is 3. The van der Waals surface area contributed by atoms with Gasteiger partial charge in [-0.1, -0.05) is 0 Å². The van der Waals surface area contributed by atoms with Gasteiger partial charge in [-0.15, -0.1) is 0 Å². The van der Waals surface area contributed by atoms with Gasteiger partial charge in [0, 0.05) is 19.6 Å². The van der Waals surface area contributed by atoms with Gasteiger partial charge in [-0.3, -0.25) is 9.58 Å². The van der Waals surface area contributed by atoms with Gasteiger partial charge in [-0.05, 0) is 48.6 Å². The predicted molar refractivity (Wildman–Crippen MR) is 85.4 cm³/mol. The summed E-state index contributed by atoms with van der Waals surface area (Å²) in [6.07, 6.45) is -3.09. The molecule has 2 aromatic rings. The SMILES string of the molecule is O[C@@H](c1cc2n(n1)CCN(Cc1cc(F)ccc1C(F)(F)F)C2)C1CC1. The molecule has 1 aliphatic carbocycles. The normalized spacial score (nSPS) is 19.4. The van der Waals surface area contributed by atoms with Crippen LogP contribution in [0.2, 0.25) is 0 Å². The molecule has 1 fully saturated rings. The zero-order valence-electron chi connectivity index (χ0n) is 14.0. The molecular weight excluding hydrogens is 350 g/mol. The number of aliphatic hydroxyl groups excluding tert-OH is 1. The Hall–Kier alpha value is -1.93. The van der Waals surface area contributed by atoms with Crippen LogP contribution in [0.25, 0.3) is 0 Å². The van der Waals surface area contributed by atoms with Crippen molar-refractivity contribution >= 4 is 0 Å². The van der Waals surface area contributed by atoms with E-state index in [2.05, 4.69) is 5.10 Å². The first-order valence-electron chi connectivity index (χ1n) is 8.64. The molecular formula is C18H19F4N3O. The second-order valence-corrected chi connectivity index (χ2v) is 7.08. The summed E-state index contributed by atoms with van der Waals surface area (Å²) in [6, 6.07) is 4.41. The van der Waals surface area contributed by atoms with Crippen molar-refractivity contribution in [1.29, 1.82) is 0 Å². The van der Waals surface area contributed by atoms with E-state index < -0.39 is 23.7 Å². The lowest BCUT2D eigenvalue weighted by Crippen LogP contribution is -2.34. The van der Waals surface area contributed by atoms with Crippen LogP contribution in [0, 0.1) is 11.7 Å². The monoisotopic (exact) mass is 369 g/mol. The van der Waals surface area contributed by atoms with Crippen molar-refractivity contribution in [2.75, 3.05) is 6.54 Å². The average Bonchev–Trinajstić information content (AvgIpc) is 3.32. The van der Waals surface area contributed by atoms with E-state index in [1.165, 1.54) is 0 Å². The molecule has 8 heteroatoms. The maximum Gasteiger partial charge on any atom is 0.416 e. The van der Waals surface area contributed by atoms with Gasteiger partial charge in [0.25, 0.3) is 0 Å². The second kappa shape index (κ2) is 6.35. The summed E-state index contributed by atoms with van der Waals surface area (Å²) in [5, 5.41) is 14.6. The van der Waals surface area contributed by atoms with E-state index in [1.807, 2.05) is 11.0 Å². The van der Waals surface area contributed by atoms with Gasteiger partial charge in [-0.2, -0.15) is 18.3 Å². The molecule has 140 valence electrons. The third kappa shape index (κ3) is 3.48. The van der Waals surface area contributed by atoms with Gasteiger partial charge in [0.05, 0.1) is 23.5 Å². The first kappa shape index (κ1) is 17.5. The van der Waals surface area contributed by atoms with Crippen LogP contribution in [-0.2, 0) is 25.8 Å². The van der Waals surface area contributed by atoms with Crippen LogP contribution >= 0.6 is 0 Å². The van der Waals surface area contributed by atoms with E-state index in [0.29, 0.717) is 25.3 Å². The van der Waals surface area contributed by atoms with Crippen LogP contribution in [0.5, 0.6) is 0 Å². The van der Waals surface area contributed by atoms with Crippen molar-refractivity contribution in [3.05, 3.63) is 52.6 Å². The molecule has 4 nitrogen and oxygen atoms in total. The number of hydrogen-bond donors (Lipinski definition) is 1. The molecule has 0 unspecified atom stereocenters. The topological polar surface area (TPSA) is 41.3 Å². The number of aliphatic hydroxyl groups is 1. The minimum Gasteiger partial charge on any atom is -0.386 e. The second-order valence-electron chi connectivity index (χ2n) is 7.08. The Morgan fingerprint density at radius 1 is 1.19 bits per heavy atom. The smallest absolute Gasteiger partial charge is 0.386 e. The minimum atomic E-state index is -4.51. The van der Waals surface area contributed by atoms with Gasteiger partial charge < -0.3 is 5.11 Å². The van der Waals surface area contributed by atoms with Crippen molar-refractivity contribution in [3.63, 3.8) is 0 Å². The summed E-state index contributed by atoms with van der Waals surface area (Å²) >= 11 is 0. The fourth-order valence-electron chi connectivity index (χ4n) is 3.49. The Morgan fingerprint density at radius 3 is 2.65 bits per heavy atom. The number of fused-ring (bicyclic) bond motifs is 1. The molecule has 0 saturated heterocycles. The van der Waals surface area contributed by atoms with E-state index in [9.17, 15) is 22.7 Å². The summed E-state index contributed by atoms with van der Waals surface area (Å²) in [5.74, 6) is -0.408. The Morgan fingerprint density at radius 2 is 1.96 bits per heavy atom. The maximum absolute atomic E-state index is 13.5. The standard InChI is InChI=1S/C18H19F4N3O/c19-13-3-4-15(18(20,21)22)12(7-13)9-24-5-6-25-14(10-24)8-16(23-25)17(26)11-1-2-11/h3-4,7-8,11,17,26H,1-2,5-6,9-10H2/t17-/m1/s1. The molecule has 1 atom stereocenters. The third-order valence-electron chi connectivity index (χ3n) is 5.03. The van der Waals surface area contributed by atoms with Crippen LogP contribution in [0.4, 0.5) is 17.6 Å². The highest BCUT2D eigenvalue weighted by atomic mass is 19.4. The summed E-state index contributed by atoms with van der Waals surface area (Å²) in [7, 11) is 0. The molecule has 1 N–H and O–H groups in total.